The fraction of sp³-hybridized carbons (Fsp3) is 0.368. The summed E-state index contributed by atoms with van der Waals surface area (Å²) in [6.45, 7) is 1.28. The molecule has 1 saturated heterocycles. The van der Waals surface area contributed by atoms with Crippen molar-refractivity contribution in [1.29, 1.82) is 0 Å². The van der Waals surface area contributed by atoms with Crippen LogP contribution in [0.4, 0.5) is 24.5 Å². The predicted molar refractivity (Wildman–Crippen MR) is 102 cm³/mol. The summed E-state index contributed by atoms with van der Waals surface area (Å²) in [5, 5.41) is 6.04. The minimum Gasteiger partial charge on any atom is -0.455 e. The van der Waals surface area contributed by atoms with E-state index in [0.717, 1.165) is 17.7 Å². The molecule has 29 heavy (non-hydrogen) atoms. The van der Waals surface area contributed by atoms with Crippen molar-refractivity contribution in [2.45, 2.75) is 12.6 Å². The number of benzene rings is 1. The van der Waals surface area contributed by atoms with Gasteiger partial charge >= 0.3 is 12.1 Å². The zero-order valence-corrected chi connectivity index (χ0v) is 16.1. The number of nitrogens with zero attached hydrogens (tertiary/aromatic N) is 1. The second kappa shape index (κ2) is 9.27. The first-order valence-electron chi connectivity index (χ1n) is 8.83. The maximum absolute atomic E-state index is 13.1. The number of esters is 1. The van der Waals surface area contributed by atoms with Crippen molar-refractivity contribution in [2.75, 3.05) is 43.1 Å². The molecule has 0 unspecified atom stereocenters. The molecule has 1 amide bonds. The highest BCUT2D eigenvalue weighted by atomic mass is 32.1. The summed E-state index contributed by atoms with van der Waals surface area (Å²) in [5.41, 5.74) is 0.368. The van der Waals surface area contributed by atoms with E-state index < -0.39 is 30.2 Å². The topological polar surface area (TPSA) is 67.9 Å². The van der Waals surface area contributed by atoms with Crippen LogP contribution in [0.2, 0.25) is 0 Å². The van der Waals surface area contributed by atoms with Gasteiger partial charge in [-0.05, 0) is 40.6 Å². The molecule has 156 valence electrons. The summed E-state index contributed by atoms with van der Waals surface area (Å²) < 4.78 is 49.5. The SMILES string of the molecule is O=C(COC(=O)Cc1ccsc1)Nc1cc(C(F)(F)F)ccc1N1CCOCC1. The molecule has 6 nitrogen and oxygen atoms in total. The number of thiophene rings is 1. The third-order valence-electron chi connectivity index (χ3n) is 4.24. The number of nitrogens with one attached hydrogen (secondary N) is 1. The van der Waals surface area contributed by atoms with E-state index in [1.54, 1.807) is 11.4 Å². The van der Waals surface area contributed by atoms with Crippen molar-refractivity contribution >= 4 is 34.6 Å². The lowest BCUT2D eigenvalue weighted by Crippen LogP contribution is -2.37. The van der Waals surface area contributed by atoms with Crippen molar-refractivity contribution in [3.8, 4) is 0 Å². The van der Waals surface area contributed by atoms with Crippen LogP contribution >= 0.6 is 11.3 Å². The van der Waals surface area contributed by atoms with E-state index >= 15 is 0 Å². The van der Waals surface area contributed by atoms with E-state index in [2.05, 4.69) is 5.32 Å². The summed E-state index contributed by atoms with van der Waals surface area (Å²) in [6, 6.07) is 4.95. The summed E-state index contributed by atoms with van der Waals surface area (Å²) >= 11 is 1.43. The highest BCUT2D eigenvalue weighted by Crippen LogP contribution is 2.35. The first-order valence-corrected chi connectivity index (χ1v) is 9.77. The Hall–Kier alpha value is -2.59. The normalized spacial score (nSPS) is 14.5. The van der Waals surface area contributed by atoms with Gasteiger partial charge in [0, 0.05) is 13.1 Å². The number of ether oxygens (including phenoxy) is 2. The van der Waals surface area contributed by atoms with Crippen molar-refractivity contribution in [3.63, 3.8) is 0 Å². The Kier molecular flexibility index (Phi) is 6.75. The Bertz CT molecular complexity index is 850. The van der Waals surface area contributed by atoms with Gasteiger partial charge in [-0.25, -0.2) is 0 Å². The van der Waals surface area contributed by atoms with Crippen molar-refractivity contribution in [2.24, 2.45) is 0 Å². The Labute approximate surface area is 169 Å². The first kappa shape index (κ1) is 21.1. The van der Waals surface area contributed by atoms with Gasteiger partial charge in [-0.2, -0.15) is 24.5 Å². The Morgan fingerprint density at radius 1 is 1.21 bits per heavy atom. The van der Waals surface area contributed by atoms with Crippen molar-refractivity contribution in [1.82, 2.24) is 0 Å². The molecule has 2 heterocycles. The number of rotatable bonds is 6. The van der Waals surface area contributed by atoms with Crippen LogP contribution < -0.4 is 10.2 Å². The molecule has 2 aromatic rings. The molecular formula is C19H19F3N2O4S. The molecule has 1 aromatic heterocycles. The van der Waals surface area contributed by atoms with Crippen LogP contribution in [0.1, 0.15) is 11.1 Å². The van der Waals surface area contributed by atoms with Crippen LogP contribution in [0, 0.1) is 0 Å². The van der Waals surface area contributed by atoms with E-state index in [1.807, 2.05) is 10.3 Å². The molecule has 0 aliphatic carbocycles. The van der Waals surface area contributed by atoms with Crippen LogP contribution in [0.15, 0.2) is 35.0 Å². The monoisotopic (exact) mass is 428 g/mol. The highest BCUT2D eigenvalue weighted by molar-refractivity contribution is 7.08. The molecule has 1 fully saturated rings. The molecule has 0 saturated carbocycles. The Morgan fingerprint density at radius 3 is 2.62 bits per heavy atom. The average molecular weight is 428 g/mol. The Balaban J connectivity index is 1.68. The van der Waals surface area contributed by atoms with E-state index in [9.17, 15) is 22.8 Å². The highest BCUT2D eigenvalue weighted by Gasteiger charge is 2.32. The number of carbonyl (C=O) groups is 2. The van der Waals surface area contributed by atoms with Crippen molar-refractivity contribution < 1.29 is 32.2 Å². The van der Waals surface area contributed by atoms with E-state index in [1.165, 1.54) is 17.4 Å². The fourth-order valence-corrected chi connectivity index (χ4v) is 3.50. The van der Waals surface area contributed by atoms with Crippen LogP contribution in [-0.2, 0) is 31.7 Å². The number of hydrogen-bond acceptors (Lipinski definition) is 6. The van der Waals surface area contributed by atoms with Gasteiger partial charge in [0.25, 0.3) is 5.91 Å². The fourth-order valence-electron chi connectivity index (χ4n) is 2.84. The summed E-state index contributed by atoms with van der Waals surface area (Å²) in [4.78, 5) is 25.8. The van der Waals surface area contributed by atoms with Crippen LogP contribution in [0.3, 0.4) is 0 Å². The van der Waals surface area contributed by atoms with Gasteiger partial charge in [0.15, 0.2) is 6.61 Å². The van der Waals surface area contributed by atoms with Crippen LogP contribution in [0.5, 0.6) is 0 Å². The molecule has 3 rings (SSSR count). The lowest BCUT2D eigenvalue weighted by atomic mass is 10.1. The smallest absolute Gasteiger partial charge is 0.416 e. The molecule has 10 heteroatoms. The molecule has 0 spiro atoms. The summed E-state index contributed by atoms with van der Waals surface area (Å²) in [7, 11) is 0. The maximum Gasteiger partial charge on any atom is 0.416 e. The number of halogens is 3. The number of hydrogen-bond donors (Lipinski definition) is 1. The molecule has 1 aromatic carbocycles. The minimum atomic E-state index is -4.55. The minimum absolute atomic E-state index is 0.0145. The zero-order valence-electron chi connectivity index (χ0n) is 15.3. The van der Waals surface area contributed by atoms with Gasteiger partial charge in [0.05, 0.1) is 36.6 Å². The standard InChI is InChI=1S/C19H19F3N2O4S/c20-19(21,22)14-1-2-16(24-4-6-27-7-5-24)15(10-14)23-17(25)11-28-18(26)9-13-3-8-29-12-13/h1-3,8,10,12H,4-7,9,11H2,(H,23,25). The molecule has 0 radical (unpaired) electrons. The van der Waals surface area contributed by atoms with Gasteiger partial charge in [0.2, 0.25) is 0 Å². The van der Waals surface area contributed by atoms with E-state index in [0.29, 0.717) is 32.0 Å². The van der Waals surface area contributed by atoms with Crippen molar-refractivity contribution in [3.05, 3.63) is 46.2 Å². The molecule has 0 atom stereocenters. The second-order valence-corrected chi connectivity index (χ2v) is 7.13. The zero-order chi connectivity index (χ0) is 20.9. The Morgan fingerprint density at radius 2 is 1.97 bits per heavy atom. The van der Waals surface area contributed by atoms with Crippen LogP contribution in [0.25, 0.3) is 0 Å². The second-order valence-electron chi connectivity index (χ2n) is 6.35. The number of anilines is 2. The summed E-state index contributed by atoms with van der Waals surface area (Å²) in [5.74, 6) is -1.30. The third kappa shape index (κ3) is 5.94. The maximum atomic E-state index is 13.1. The molecule has 1 N–H and O–H groups in total. The van der Waals surface area contributed by atoms with Gasteiger partial charge in [-0.15, -0.1) is 0 Å². The largest absolute Gasteiger partial charge is 0.455 e. The summed E-state index contributed by atoms with van der Waals surface area (Å²) in [6.07, 6.45) is -4.52. The van der Waals surface area contributed by atoms with E-state index in [4.69, 9.17) is 9.47 Å². The van der Waals surface area contributed by atoms with Gasteiger partial charge in [-0.1, -0.05) is 0 Å². The molecule has 1 aliphatic heterocycles. The number of alkyl halides is 3. The lowest BCUT2D eigenvalue weighted by Gasteiger charge is -2.31. The predicted octanol–water partition coefficient (Wildman–Crippen LogP) is 3.33. The lowest BCUT2D eigenvalue weighted by molar-refractivity contribution is -0.146. The van der Waals surface area contributed by atoms with Gasteiger partial charge in [-0.3, -0.25) is 9.59 Å². The first-order chi connectivity index (χ1) is 13.8. The van der Waals surface area contributed by atoms with Crippen LogP contribution in [-0.4, -0.2) is 44.8 Å². The van der Waals surface area contributed by atoms with Gasteiger partial charge in [0.1, 0.15) is 0 Å². The quantitative estimate of drug-likeness (QED) is 0.715. The number of morpholine rings is 1. The number of carbonyl (C=O) groups excluding carboxylic acids is 2. The average Bonchev–Trinajstić information content (AvgIpc) is 3.19. The molecule has 0 bridgehead atoms. The van der Waals surface area contributed by atoms with Gasteiger partial charge < -0.3 is 19.7 Å². The number of amides is 1. The molecular weight excluding hydrogens is 409 g/mol. The van der Waals surface area contributed by atoms with E-state index in [-0.39, 0.29) is 12.1 Å². The third-order valence-corrected chi connectivity index (χ3v) is 4.97. The molecule has 1 aliphatic rings.